The number of carbonyl (C=O) groups is 1. The number of hydrogen-bond acceptors (Lipinski definition) is 6. The molecule has 0 aliphatic carbocycles. The van der Waals surface area contributed by atoms with Gasteiger partial charge in [-0.3, -0.25) is 0 Å². The molecule has 0 spiro atoms. The highest BCUT2D eigenvalue weighted by molar-refractivity contribution is 7.89. The van der Waals surface area contributed by atoms with Crippen molar-refractivity contribution in [2.45, 2.75) is 38.5 Å². The third-order valence-electron chi connectivity index (χ3n) is 5.05. The van der Waals surface area contributed by atoms with Gasteiger partial charge in [-0.25, -0.2) is 17.9 Å². The molecule has 0 radical (unpaired) electrons. The lowest BCUT2D eigenvalue weighted by molar-refractivity contribution is 0.0491. The van der Waals surface area contributed by atoms with Crippen LogP contribution in [-0.2, 0) is 14.8 Å². The van der Waals surface area contributed by atoms with Gasteiger partial charge in [-0.15, -0.1) is 12.4 Å². The van der Waals surface area contributed by atoms with E-state index in [1.54, 1.807) is 26.0 Å². The van der Waals surface area contributed by atoms with Gasteiger partial charge in [0.25, 0.3) is 0 Å². The van der Waals surface area contributed by atoms with Crippen LogP contribution in [0, 0.1) is 12.3 Å². The molecule has 1 saturated heterocycles. The summed E-state index contributed by atoms with van der Waals surface area (Å²) in [5.74, 6) is -0.443. The fourth-order valence-corrected chi connectivity index (χ4v) is 4.61. The molecule has 1 aliphatic rings. The molecule has 2 aromatic rings. The number of fused-ring (bicyclic) bond motifs is 1. The van der Waals surface area contributed by atoms with Crippen LogP contribution in [0.2, 0.25) is 0 Å². The third-order valence-corrected chi connectivity index (χ3v) is 6.45. The molecular weight excluding hydrogens is 404 g/mol. The number of ether oxygens (including phenoxy) is 1. The van der Waals surface area contributed by atoms with Crippen LogP contribution < -0.4 is 10.0 Å². The number of hydrogen-bond donors (Lipinski definition) is 2. The first-order valence-corrected chi connectivity index (χ1v) is 10.6. The number of halogens is 1. The highest BCUT2D eigenvalue weighted by Gasteiger charge is 2.29. The van der Waals surface area contributed by atoms with Gasteiger partial charge in [0.15, 0.2) is 0 Å². The van der Waals surface area contributed by atoms with E-state index in [1.165, 1.54) is 6.07 Å². The zero-order valence-electron chi connectivity index (χ0n) is 16.3. The van der Waals surface area contributed by atoms with Crippen LogP contribution >= 0.6 is 12.4 Å². The normalized spacial score (nSPS) is 20.0. The fraction of sp³-hybridized carbons (Fsp3) is 0.526. The van der Waals surface area contributed by atoms with E-state index in [-0.39, 0.29) is 35.1 Å². The molecule has 1 aromatic heterocycles. The van der Waals surface area contributed by atoms with Gasteiger partial charge in [-0.1, -0.05) is 6.92 Å². The van der Waals surface area contributed by atoms with Gasteiger partial charge in [0, 0.05) is 24.0 Å². The second-order valence-corrected chi connectivity index (χ2v) is 9.12. The molecule has 2 heterocycles. The van der Waals surface area contributed by atoms with Crippen molar-refractivity contribution >= 4 is 39.4 Å². The van der Waals surface area contributed by atoms with Gasteiger partial charge in [0.2, 0.25) is 15.8 Å². The van der Waals surface area contributed by atoms with Gasteiger partial charge < -0.3 is 14.5 Å². The maximum atomic E-state index is 12.8. The van der Waals surface area contributed by atoms with E-state index in [0.29, 0.717) is 23.1 Å². The van der Waals surface area contributed by atoms with Crippen molar-refractivity contribution in [3.05, 3.63) is 29.5 Å². The van der Waals surface area contributed by atoms with E-state index in [0.717, 1.165) is 25.9 Å². The van der Waals surface area contributed by atoms with E-state index in [1.807, 2.05) is 0 Å². The first-order chi connectivity index (χ1) is 12.8. The van der Waals surface area contributed by atoms with Crippen LogP contribution in [0.25, 0.3) is 11.0 Å². The highest BCUT2D eigenvalue weighted by Crippen LogP contribution is 2.29. The van der Waals surface area contributed by atoms with Crippen molar-refractivity contribution in [1.82, 2.24) is 10.0 Å². The second-order valence-electron chi connectivity index (χ2n) is 7.35. The molecule has 9 heteroatoms. The summed E-state index contributed by atoms with van der Waals surface area (Å²) in [6.07, 6.45) is 2.01. The number of furan rings is 1. The molecule has 1 unspecified atom stereocenters. The lowest BCUT2D eigenvalue weighted by Gasteiger charge is -2.34. The summed E-state index contributed by atoms with van der Waals surface area (Å²) in [6, 6.07) is 4.61. The minimum atomic E-state index is -3.66. The smallest absolute Gasteiger partial charge is 0.374 e. The molecule has 3 rings (SSSR count). The first-order valence-electron chi connectivity index (χ1n) is 9.16. The van der Waals surface area contributed by atoms with Crippen molar-refractivity contribution in [1.29, 1.82) is 0 Å². The van der Waals surface area contributed by atoms with Gasteiger partial charge in [-0.05, 0) is 56.8 Å². The topological polar surface area (TPSA) is 97.6 Å². The summed E-state index contributed by atoms with van der Waals surface area (Å²) < 4.78 is 38.8. The van der Waals surface area contributed by atoms with Gasteiger partial charge >= 0.3 is 5.97 Å². The van der Waals surface area contributed by atoms with Gasteiger partial charge in [0.1, 0.15) is 5.58 Å². The summed E-state index contributed by atoms with van der Waals surface area (Å²) in [4.78, 5) is 12.1. The van der Waals surface area contributed by atoms with Crippen LogP contribution in [0.3, 0.4) is 0 Å². The van der Waals surface area contributed by atoms with Crippen LogP contribution in [-0.4, -0.2) is 40.6 Å². The molecule has 1 aliphatic heterocycles. The molecule has 1 fully saturated rings. The third kappa shape index (κ3) is 4.68. The van der Waals surface area contributed by atoms with Crippen LogP contribution in [0.15, 0.2) is 27.5 Å². The quantitative estimate of drug-likeness (QED) is 0.683. The molecule has 0 bridgehead atoms. The lowest BCUT2D eigenvalue weighted by Crippen LogP contribution is -2.45. The Balaban J connectivity index is 0.00000280. The Bertz CT molecular complexity index is 949. The van der Waals surface area contributed by atoms with E-state index in [2.05, 4.69) is 17.0 Å². The lowest BCUT2D eigenvalue weighted by atomic mass is 9.83. The number of piperidine rings is 1. The first kappa shape index (κ1) is 22.7. The Morgan fingerprint density at radius 3 is 2.79 bits per heavy atom. The molecular formula is C19H27ClN2O5S. The summed E-state index contributed by atoms with van der Waals surface area (Å²) in [6.45, 7) is 7.90. The molecule has 1 aromatic carbocycles. The number of carbonyl (C=O) groups excluding carboxylic acids is 1. The zero-order valence-corrected chi connectivity index (χ0v) is 18.0. The molecule has 28 heavy (non-hydrogen) atoms. The Morgan fingerprint density at radius 1 is 1.39 bits per heavy atom. The summed E-state index contributed by atoms with van der Waals surface area (Å²) in [7, 11) is -3.66. The SMILES string of the molecule is CCOC(=O)c1oc2ccc(S(=O)(=O)NCC3(C)CCCNC3)cc2c1C.Cl. The summed E-state index contributed by atoms with van der Waals surface area (Å²) in [5, 5.41) is 3.90. The van der Waals surface area contributed by atoms with Crippen molar-refractivity contribution in [3.63, 3.8) is 0 Å². The predicted molar refractivity (Wildman–Crippen MR) is 110 cm³/mol. The molecule has 0 saturated carbocycles. The Hall–Kier alpha value is -1.61. The second kappa shape index (κ2) is 8.82. The van der Waals surface area contributed by atoms with Crippen LogP contribution in [0.4, 0.5) is 0 Å². The van der Waals surface area contributed by atoms with E-state index >= 15 is 0 Å². The molecule has 7 nitrogen and oxygen atoms in total. The Labute approximate surface area is 171 Å². The predicted octanol–water partition coefficient (Wildman–Crippen LogP) is 3.01. The maximum Gasteiger partial charge on any atom is 0.374 e. The van der Waals surface area contributed by atoms with Crippen LogP contribution in [0.5, 0.6) is 0 Å². The van der Waals surface area contributed by atoms with Crippen molar-refractivity contribution in [2.75, 3.05) is 26.2 Å². The van der Waals surface area contributed by atoms with E-state index < -0.39 is 16.0 Å². The van der Waals surface area contributed by atoms with Crippen LogP contribution in [0.1, 0.15) is 42.8 Å². The molecule has 1 atom stereocenters. The minimum absolute atomic E-state index is 0. The molecule has 2 N–H and O–H groups in total. The van der Waals surface area contributed by atoms with E-state index in [9.17, 15) is 13.2 Å². The largest absolute Gasteiger partial charge is 0.460 e. The number of benzene rings is 1. The highest BCUT2D eigenvalue weighted by atomic mass is 35.5. The summed E-state index contributed by atoms with van der Waals surface area (Å²) in [5.41, 5.74) is 0.930. The number of aryl methyl sites for hydroxylation is 1. The standard InChI is InChI=1S/C19H26N2O5S.ClH/c1-4-25-18(22)17-13(2)15-10-14(6-7-16(15)26-17)27(23,24)21-12-19(3)8-5-9-20-11-19;/h6-7,10,20-21H,4-5,8-9,11-12H2,1-3H3;1H. The average Bonchev–Trinajstić information content (AvgIpc) is 2.98. The van der Waals surface area contributed by atoms with Crippen molar-refractivity contribution in [2.24, 2.45) is 5.41 Å². The number of esters is 1. The monoisotopic (exact) mass is 430 g/mol. The zero-order chi connectivity index (χ0) is 19.7. The number of rotatable bonds is 6. The number of nitrogens with one attached hydrogen (secondary N) is 2. The maximum absolute atomic E-state index is 12.8. The van der Waals surface area contributed by atoms with E-state index in [4.69, 9.17) is 9.15 Å². The molecule has 156 valence electrons. The fourth-order valence-electron chi connectivity index (χ4n) is 3.38. The Morgan fingerprint density at radius 2 is 2.14 bits per heavy atom. The van der Waals surface area contributed by atoms with Gasteiger partial charge in [0.05, 0.1) is 11.5 Å². The number of sulfonamides is 1. The minimum Gasteiger partial charge on any atom is -0.460 e. The summed E-state index contributed by atoms with van der Waals surface area (Å²) >= 11 is 0. The van der Waals surface area contributed by atoms with Crippen molar-refractivity contribution in [3.8, 4) is 0 Å². The van der Waals surface area contributed by atoms with Crippen molar-refractivity contribution < 1.29 is 22.4 Å². The van der Waals surface area contributed by atoms with Gasteiger partial charge in [-0.2, -0.15) is 0 Å². The Kier molecular flexibility index (Phi) is 7.14. The molecule has 0 amide bonds. The average molecular weight is 431 g/mol.